The van der Waals surface area contributed by atoms with Gasteiger partial charge < -0.3 is 15.2 Å². The van der Waals surface area contributed by atoms with Crippen LogP contribution in [-0.2, 0) is 11.2 Å². The zero-order valence-electron chi connectivity index (χ0n) is 13.0. The lowest BCUT2D eigenvalue weighted by molar-refractivity contribution is 0.0600. The molecule has 0 fully saturated rings. The molecule has 0 aliphatic heterocycles. The van der Waals surface area contributed by atoms with E-state index in [2.05, 4.69) is 5.38 Å². The van der Waals surface area contributed by atoms with Gasteiger partial charge in [-0.05, 0) is 52.2 Å². The van der Waals surface area contributed by atoms with Gasteiger partial charge in [-0.15, -0.1) is 11.3 Å². The Kier molecular flexibility index (Phi) is 4.21. The smallest absolute Gasteiger partial charge is 0.337 e. The topological polar surface area (TPSA) is 61.5 Å². The SMILES string of the molecule is COC(=O)c1ccc(Cc2csc3ccc(N)cc23)c(OC)c1. The number of nitrogens with two attached hydrogens (primary N) is 1. The van der Waals surface area contributed by atoms with Gasteiger partial charge >= 0.3 is 5.97 Å². The molecule has 0 aliphatic carbocycles. The van der Waals surface area contributed by atoms with E-state index < -0.39 is 0 Å². The van der Waals surface area contributed by atoms with Crippen molar-refractivity contribution in [3.63, 3.8) is 0 Å². The number of ether oxygens (including phenoxy) is 2. The highest BCUT2D eigenvalue weighted by atomic mass is 32.1. The summed E-state index contributed by atoms with van der Waals surface area (Å²) in [5.74, 6) is 0.305. The van der Waals surface area contributed by atoms with Gasteiger partial charge in [-0.2, -0.15) is 0 Å². The van der Waals surface area contributed by atoms with Crippen LogP contribution < -0.4 is 10.5 Å². The summed E-state index contributed by atoms with van der Waals surface area (Å²) < 4.78 is 11.4. The fourth-order valence-electron chi connectivity index (χ4n) is 2.58. The van der Waals surface area contributed by atoms with Gasteiger partial charge in [-0.1, -0.05) is 6.07 Å². The fourth-order valence-corrected chi connectivity index (χ4v) is 3.52. The number of esters is 1. The predicted molar refractivity (Wildman–Crippen MR) is 93.4 cm³/mol. The largest absolute Gasteiger partial charge is 0.496 e. The monoisotopic (exact) mass is 327 g/mol. The van der Waals surface area contributed by atoms with Crippen LogP contribution >= 0.6 is 11.3 Å². The Morgan fingerprint density at radius 2 is 1.96 bits per heavy atom. The van der Waals surface area contributed by atoms with Gasteiger partial charge in [0.1, 0.15) is 5.75 Å². The Labute approximate surface area is 138 Å². The van der Waals surface area contributed by atoms with E-state index in [4.69, 9.17) is 15.2 Å². The van der Waals surface area contributed by atoms with Crippen molar-refractivity contribution in [2.24, 2.45) is 0 Å². The lowest BCUT2D eigenvalue weighted by Gasteiger charge is -2.10. The van der Waals surface area contributed by atoms with Crippen LogP contribution in [0.4, 0.5) is 5.69 Å². The number of hydrogen-bond acceptors (Lipinski definition) is 5. The van der Waals surface area contributed by atoms with Crippen molar-refractivity contribution in [3.8, 4) is 5.75 Å². The first kappa shape index (κ1) is 15.4. The number of nitrogen functional groups attached to an aromatic ring is 1. The highest BCUT2D eigenvalue weighted by Crippen LogP contribution is 2.32. The van der Waals surface area contributed by atoms with Crippen molar-refractivity contribution in [1.82, 2.24) is 0 Å². The molecule has 0 spiro atoms. The van der Waals surface area contributed by atoms with Crippen molar-refractivity contribution in [3.05, 3.63) is 58.5 Å². The molecular formula is C18H17NO3S. The number of anilines is 1. The van der Waals surface area contributed by atoms with Gasteiger partial charge in [-0.25, -0.2) is 4.79 Å². The Hall–Kier alpha value is -2.53. The lowest BCUT2D eigenvalue weighted by Crippen LogP contribution is -2.03. The number of carbonyl (C=O) groups is 1. The van der Waals surface area contributed by atoms with E-state index in [1.807, 2.05) is 24.3 Å². The predicted octanol–water partition coefficient (Wildman–Crippen LogP) is 3.87. The van der Waals surface area contributed by atoms with Gasteiger partial charge in [0.2, 0.25) is 0 Å². The van der Waals surface area contributed by atoms with E-state index in [-0.39, 0.29) is 5.97 Å². The first-order chi connectivity index (χ1) is 11.1. The molecule has 2 aromatic carbocycles. The van der Waals surface area contributed by atoms with Gasteiger partial charge in [0, 0.05) is 16.8 Å². The van der Waals surface area contributed by atoms with Crippen LogP contribution in [0.15, 0.2) is 41.8 Å². The van der Waals surface area contributed by atoms with Gasteiger partial charge in [0.15, 0.2) is 0 Å². The van der Waals surface area contributed by atoms with E-state index in [0.717, 1.165) is 16.6 Å². The Bertz CT molecular complexity index is 870. The van der Waals surface area contributed by atoms with Gasteiger partial charge in [0.25, 0.3) is 0 Å². The normalized spacial score (nSPS) is 10.7. The molecule has 0 saturated carbocycles. The van der Waals surface area contributed by atoms with Crippen LogP contribution in [0.1, 0.15) is 21.5 Å². The molecule has 118 valence electrons. The first-order valence-electron chi connectivity index (χ1n) is 7.13. The lowest BCUT2D eigenvalue weighted by atomic mass is 10.0. The average Bonchev–Trinajstić information content (AvgIpc) is 2.96. The summed E-state index contributed by atoms with van der Waals surface area (Å²) >= 11 is 1.70. The summed E-state index contributed by atoms with van der Waals surface area (Å²) in [5, 5.41) is 3.30. The molecule has 0 radical (unpaired) electrons. The molecule has 23 heavy (non-hydrogen) atoms. The van der Waals surface area contributed by atoms with Gasteiger partial charge in [-0.3, -0.25) is 0 Å². The summed E-state index contributed by atoms with van der Waals surface area (Å²) in [6.07, 6.45) is 0.716. The number of thiophene rings is 1. The van der Waals surface area contributed by atoms with E-state index in [1.54, 1.807) is 30.6 Å². The summed E-state index contributed by atoms with van der Waals surface area (Å²) in [6.45, 7) is 0. The number of methoxy groups -OCH3 is 2. The first-order valence-corrected chi connectivity index (χ1v) is 8.01. The second kappa shape index (κ2) is 6.30. The Balaban J connectivity index is 1.98. The van der Waals surface area contributed by atoms with E-state index in [0.29, 0.717) is 17.7 Å². The molecule has 3 rings (SSSR count). The van der Waals surface area contributed by atoms with Gasteiger partial charge in [0.05, 0.1) is 19.8 Å². The van der Waals surface area contributed by atoms with Crippen molar-refractivity contribution < 1.29 is 14.3 Å². The summed E-state index contributed by atoms with van der Waals surface area (Å²) in [6, 6.07) is 11.3. The average molecular weight is 327 g/mol. The highest BCUT2D eigenvalue weighted by molar-refractivity contribution is 7.17. The third-order valence-electron chi connectivity index (χ3n) is 3.77. The molecule has 1 aromatic heterocycles. The van der Waals surface area contributed by atoms with E-state index in [1.165, 1.54) is 17.4 Å². The van der Waals surface area contributed by atoms with Crippen LogP contribution in [0.5, 0.6) is 5.75 Å². The summed E-state index contributed by atoms with van der Waals surface area (Å²) in [7, 11) is 2.97. The maximum atomic E-state index is 11.6. The number of carbonyl (C=O) groups excluding carboxylic acids is 1. The Morgan fingerprint density at radius 1 is 1.13 bits per heavy atom. The number of fused-ring (bicyclic) bond motifs is 1. The molecule has 0 saturated heterocycles. The van der Waals surface area contributed by atoms with E-state index in [9.17, 15) is 4.79 Å². The molecule has 2 N–H and O–H groups in total. The van der Waals surface area contributed by atoms with Crippen LogP contribution in [0.25, 0.3) is 10.1 Å². The van der Waals surface area contributed by atoms with Crippen molar-refractivity contribution in [2.75, 3.05) is 20.0 Å². The number of benzene rings is 2. The number of hydrogen-bond donors (Lipinski definition) is 1. The third kappa shape index (κ3) is 3.00. The number of rotatable bonds is 4. The minimum atomic E-state index is -0.372. The zero-order valence-corrected chi connectivity index (χ0v) is 13.8. The summed E-state index contributed by atoms with van der Waals surface area (Å²) in [5.41, 5.74) is 9.34. The van der Waals surface area contributed by atoms with Crippen LogP contribution in [0.2, 0.25) is 0 Å². The van der Waals surface area contributed by atoms with E-state index >= 15 is 0 Å². The zero-order chi connectivity index (χ0) is 16.4. The second-order valence-corrected chi connectivity index (χ2v) is 6.12. The molecule has 0 atom stereocenters. The van der Waals surface area contributed by atoms with Crippen LogP contribution in [0, 0.1) is 0 Å². The Morgan fingerprint density at radius 3 is 2.70 bits per heavy atom. The van der Waals surface area contributed by atoms with Crippen LogP contribution in [0.3, 0.4) is 0 Å². The van der Waals surface area contributed by atoms with Crippen molar-refractivity contribution in [2.45, 2.75) is 6.42 Å². The van der Waals surface area contributed by atoms with Crippen LogP contribution in [-0.4, -0.2) is 20.2 Å². The maximum Gasteiger partial charge on any atom is 0.337 e. The molecule has 0 aliphatic rings. The molecule has 0 bridgehead atoms. The van der Waals surface area contributed by atoms with Crippen molar-refractivity contribution >= 4 is 33.1 Å². The third-order valence-corrected chi connectivity index (χ3v) is 4.78. The standard InChI is InChI=1S/C18H17NO3S/c1-21-16-8-12(18(20)22-2)4-3-11(16)7-13-10-23-17-6-5-14(19)9-15(13)17/h3-6,8-10H,7,19H2,1-2H3. The molecule has 1 heterocycles. The summed E-state index contributed by atoms with van der Waals surface area (Å²) in [4.78, 5) is 11.6. The molecule has 5 heteroatoms. The molecule has 4 nitrogen and oxygen atoms in total. The molecule has 0 amide bonds. The molecule has 3 aromatic rings. The second-order valence-electron chi connectivity index (χ2n) is 5.21. The quantitative estimate of drug-likeness (QED) is 0.584. The molecule has 0 unspecified atom stereocenters. The van der Waals surface area contributed by atoms with Crippen molar-refractivity contribution in [1.29, 1.82) is 0 Å². The minimum absolute atomic E-state index is 0.372. The fraction of sp³-hybridized carbons (Fsp3) is 0.167. The minimum Gasteiger partial charge on any atom is -0.496 e. The highest BCUT2D eigenvalue weighted by Gasteiger charge is 2.13. The molecular weight excluding hydrogens is 310 g/mol. The maximum absolute atomic E-state index is 11.6.